The van der Waals surface area contributed by atoms with E-state index in [1.807, 2.05) is 4.57 Å². The van der Waals surface area contributed by atoms with Crippen molar-refractivity contribution in [3.05, 3.63) is 12.2 Å². The van der Waals surface area contributed by atoms with Crippen LogP contribution in [0.25, 0.3) is 0 Å². The molecule has 16 heavy (non-hydrogen) atoms. The molecule has 0 bridgehead atoms. The van der Waals surface area contributed by atoms with E-state index in [9.17, 15) is 8.42 Å². The smallest absolute Gasteiger partial charge is 0.159 e. The fraction of sp³-hybridized carbons (Fsp3) is 0.800. The van der Waals surface area contributed by atoms with E-state index in [1.165, 1.54) is 6.26 Å². The molecule has 92 valence electrons. The van der Waals surface area contributed by atoms with Crippen LogP contribution in [0.15, 0.2) is 6.33 Å². The molecule has 0 atom stereocenters. The number of hydrogen-bond donors (Lipinski definition) is 0. The zero-order valence-electron chi connectivity index (χ0n) is 10.4. The van der Waals surface area contributed by atoms with Gasteiger partial charge >= 0.3 is 0 Å². The second-order valence-corrected chi connectivity index (χ2v) is 7.55. The molecule has 0 saturated carbocycles. The Kier molecular flexibility index (Phi) is 3.42. The molecule has 0 N–H and O–H groups in total. The van der Waals surface area contributed by atoms with Crippen molar-refractivity contribution in [2.45, 2.75) is 39.0 Å². The van der Waals surface area contributed by atoms with Crippen molar-refractivity contribution in [2.24, 2.45) is 5.92 Å². The first-order valence-electron chi connectivity index (χ1n) is 5.24. The van der Waals surface area contributed by atoms with Crippen LogP contribution >= 0.6 is 0 Å². The zero-order chi connectivity index (χ0) is 12.6. The van der Waals surface area contributed by atoms with Gasteiger partial charge in [0.15, 0.2) is 15.7 Å². The monoisotopic (exact) mass is 245 g/mol. The van der Waals surface area contributed by atoms with Crippen molar-refractivity contribution in [3.8, 4) is 0 Å². The van der Waals surface area contributed by atoms with Gasteiger partial charge in [0.25, 0.3) is 0 Å². The molecule has 0 aliphatic carbocycles. The van der Waals surface area contributed by atoms with Crippen molar-refractivity contribution in [2.75, 3.05) is 6.26 Å². The summed E-state index contributed by atoms with van der Waals surface area (Å²) in [6.07, 6.45) is 2.81. The Morgan fingerprint density at radius 3 is 2.44 bits per heavy atom. The third-order valence-electron chi connectivity index (χ3n) is 2.64. The molecule has 6 heteroatoms. The summed E-state index contributed by atoms with van der Waals surface area (Å²) >= 11 is 0. The van der Waals surface area contributed by atoms with Crippen LogP contribution in [0.1, 0.15) is 33.5 Å². The number of rotatable bonds is 4. The van der Waals surface area contributed by atoms with Crippen LogP contribution in [-0.4, -0.2) is 29.4 Å². The Morgan fingerprint density at radius 2 is 2.00 bits per heavy atom. The Balaban J connectivity index is 3.19. The molecule has 0 amide bonds. The molecule has 0 unspecified atom stereocenters. The molecular formula is C10H19N3O2S. The fourth-order valence-electron chi connectivity index (χ4n) is 1.41. The minimum Gasteiger partial charge on any atom is -0.316 e. The molecule has 1 aromatic heterocycles. The lowest BCUT2D eigenvalue weighted by atomic mass is 10.1. The van der Waals surface area contributed by atoms with Crippen molar-refractivity contribution in [1.29, 1.82) is 0 Å². The summed E-state index contributed by atoms with van der Waals surface area (Å²) in [5, 5.41) is 7.74. The van der Waals surface area contributed by atoms with Crippen molar-refractivity contribution in [1.82, 2.24) is 14.8 Å². The van der Waals surface area contributed by atoms with Gasteiger partial charge in [-0.1, -0.05) is 13.8 Å². The van der Waals surface area contributed by atoms with E-state index in [4.69, 9.17) is 0 Å². The highest BCUT2D eigenvalue weighted by Crippen LogP contribution is 2.27. The quantitative estimate of drug-likeness (QED) is 0.800. The second kappa shape index (κ2) is 4.16. The second-order valence-electron chi connectivity index (χ2n) is 4.98. The standard InChI is InChI=1S/C10H19N3O2S/c1-8(2)6-13-7-11-12-9(13)10(3,4)16(5,14)15/h7-8H,6H2,1-5H3. The average Bonchev–Trinajstić information content (AvgIpc) is 2.49. The van der Waals surface area contributed by atoms with Gasteiger partial charge in [-0.25, -0.2) is 8.42 Å². The SMILES string of the molecule is CC(C)Cn1cnnc1C(C)(C)S(C)(=O)=O. The maximum absolute atomic E-state index is 11.7. The lowest BCUT2D eigenvalue weighted by Crippen LogP contribution is -2.32. The van der Waals surface area contributed by atoms with Crippen LogP contribution in [0, 0.1) is 5.92 Å². The first-order chi connectivity index (χ1) is 7.16. The summed E-state index contributed by atoms with van der Waals surface area (Å²) in [5.74, 6) is 0.925. The highest BCUT2D eigenvalue weighted by molar-refractivity contribution is 7.91. The highest BCUT2D eigenvalue weighted by atomic mass is 32.2. The van der Waals surface area contributed by atoms with Gasteiger partial charge in [-0.05, 0) is 19.8 Å². The molecule has 1 rings (SSSR count). The zero-order valence-corrected chi connectivity index (χ0v) is 11.2. The third kappa shape index (κ3) is 2.42. The molecule has 1 heterocycles. The first kappa shape index (κ1) is 13.2. The van der Waals surface area contributed by atoms with E-state index in [0.29, 0.717) is 11.7 Å². The first-order valence-corrected chi connectivity index (χ1v) is 7.13. The van der Waals surface area contributed by atoms with Gasteiger partial charge in [-0.15, -0.1) is 10.2 Å². The third-order valence-corrected chi connectivity index (χ3v) is 4.68. The van der Waals surface area contributed by atoms with Crippen LogP contribution in [0.4, 0.5) is 0 Å². The Morgan fingerprint density at radius 1 is 1.44 bits per heavy atom. The summed E-state index contributed by atoms with van der Waals surface area (Å²) in [6, 6.07) is 0. The minimum atomic E-state index is -3.21. The number of nitrogens with zero attached hydrogens (tertiary/aromatic N) is 3. The van der Waals surface area contributed by atoms with Gasteiger partial charge in [0, 0.05) is 12.8 Å². The average molecular weight is 245 g/mol. The maximum atomic E-state index is 11.7. The van der Waals surface area contributed by atoms with E-state index < -0.39 is 14.6 Å². The lowest BCUT2D eigenvalue weighted by Gasteiger charge is -2.22. The van der Waals surface area contributed by atoms with Crippen molar-refractivity contribution >= 4 is 9.84 Å². The van der Waals surface area contributed by atoms with Gasteiger partial charge in [0.05, 0.1) is 0 Å². The van der Waals surface area contributed by atoms with Crippen LogP contribution in [-0.2, 0) is 21.1 Å². The normalized spacial score (nSPS) is 13.4. The maximum Gasteiger partial charge on any atom is 0.159 e. The van der Waals surface area contributed by atoms with E-state index in [-0.39, 0.29) is 0 Å². The highest BCUT2D eigenvalue weighted by Gasteiger charge is 2.37. The lowest BCUT2D eigenvalue weighted by molar-refractivity contribution is 0.476. The number of sulfone groups is 1. The van der Waals surface area contributed by atoms with E-state index in [0.717, 1.165) is 6.54 Å². The molecule has 1 aromatic rings. The van der Waals surface area contributed by atoms with Gasteiger partial charge in [0.1, 0.15) is 11.1 Å². The van der Waals surface area contributed by atoms with Gasteiger partial charge in [-0.2, -0.15) is 0 Å². The Labute approximate surface area is 96.8 Å². The molecule has 0 saturated heterocycles. The topological polar surface area (TPSA) is 64.8 Å². The summed E-state index contributed by atoms with van der Waals surface area (Å²) in [5.41, 5.74) is 0. The summed E-state index contributed by atoms with van der Waals surface area (Å²) in [6.45, 7) is 8.17. The van der Waals surface area contributed by atoms with Crippen molar-refractivity contribution in [3.63, 3.8) is 0 Å². The van der Waals surface area contributed by atoms with E-state index >= 15 is 0 Å². The molecule has 0 aliphatic rings. The van der Waals surface area contributed by atoms with Gasteiger partial charge in [0.2, 0.25) is 0 Å². The van der Waals surface area contributed by atoms with Crippen LogP contribution in [0.2, 0.25) is 0 Å². The van der Waals surface area contributed by atoms with Gasteiger partial charge < -0.3 is 4.57 Å². The van der Waals surface area contributed by atoms with Crippen LogP contribution in [0.3, 0.4) is 0 Å². The molecule has 0 spiro atoms. The summed E-state index contributed by atoms with van der Waals surface area (Å²) in [7, 11) is -3.21. The molecule has 0 radical (unpaired) electrons. The largest absolute Gasteiger partial charge is 0.316 e. The molecule has 0 aliphatic heterocycles. The molecule has 0 fully saturated rings. The molecule has 5 nitrogen and oxygen atoms in total. The van der Waals surface area contributed by atoms with Crippen molar-refractivity contribution < 1.29 is 8.42 Å². The Bertz CT molecular complexity index is 460. The predicted molar refractivity (Wildman–Crippen MR) is 62.7 cm³/mol. The minimum absolute atomic E-state index is 0.421. The number of aromatic nitrogens is 3. The van der Waals surface area contributed by atoms with Crippen LogP contribution in [0.5, 0.6) is 0 Å². The molecular weight excluding hydrogens is 226 g/mol. The van der Waals surface area contributed by atoms with Crippen LogP contribution < -0.4 is 0 Å². The predicted octanol–water partition coefficient (Wildman–Crippen LogP) is 1.21. The Hall–Kier alpha value is -0.910. The van der Waals surface area contributed by atoms with E-state index in [1.54, 1.807) is 20.2 Å². The number of hydrogen-bond acceptors (Lipinski definition) is 4. The molecule has 0 aromatic carbocycles. The van der Waals surface area contributed by atoms with Gasteiger partial charge in [-0.3, -0.25) is 0 Å². The fourth-order valence-corrected chi connectivity index (χ4v) is 1.90. The summed E-state index contributed by atoms with van der Waals surface area (Å²) < 4.78 is 24.2. The summed E-state index contributed by atoms with van der Waals surface area (Å²) in [4.78, 5) is 0. The van der Waals surface area contributed by atoms with E-state index in [2.05, 4.69) is 24.0 Å².